The number of hydrogen-bond donors (Lipinski definition) is 5. The molecule has 1 aliphatic heterocycles. The van der Waals surface area contributed by atoms with Gasteiger partial charge in [-0.3, -0.25) is 25.1 Å². The minimum absolute atomic E-state index is 0.0130. The second-order valence-corrected chi connectivity index (χ2v) is 9.29. The molecule has 174 valence electrons. The van der Waals surface area contributed by atoms with Crippen LogP contribution in [0.25, 0.3) is 0 Å². The van der Waals surface area contributed by atoms with Crippen LogP contribution in [0, 0.1) is 11.3 Å². The molecule has 6 N–H and O–H groups in total. The smallest absolute Gasteiger partial charge is 0.317 e. The van der Waals surface area contributed by atoms with Gasteiger partial charge < -0.3 is 21.1 Å². The summed E-state index contributed by atoms with van der Waals surface area (Å²) in [7, 11) is 0. The maximum atomic E-state index is 13.3. The van der Waals surface area contributed by atoms with Gasteiger partial charge in [0.15, 0.2) is 0 Å². The van der Waals surface area contributed by atoms with Gasteiger partial charge in [-0.2, -0.15) is 0 Å². The first-order valence-corrected chi connectivity index (χ1v) is 11.8. The number of thiophene rings is 1. The fraction of sp³-hybridized carbons (Fsp3) is 0.545. The summed E-state index contributed by atoms with van der Waals surface area (Å²) in [5.74, 6) is -1.17. The fourth-order valence-corrected chi connectivity index (χ4v) is 5.09. The lowest BCUT2D eigenvalue weighted by molar-refractivity contribution is -0.140. The summed E-state index contributed by atoms with van der Waals surface area (Å²) in [5, 5.41) is 24.1. The number of carbonyl (C=O) groups is 3. The van der Waals surface area contributed by atoms with Gasteiger partial charge in [-0.1, -0.05) is 44.3 Å². The molecule has 2 amide bonds. The van der Waals surface area contributed by atoms with E-state index in [1.165, 1.54) is 22.7 Å². The van der Waals surface area contributed by atoms with Crippen molar-refractivity contribution in [1.82, 2.24) is 15.5 Å². The lowest BCUT2D eigenvalue weighted by Crippen LogP contribution is -2.53. The van der Waals surface area contributed by atoms with Crippen molar-refractivity contribution in [3.63, 3.8) is 0 Å². The standard InChI is InChI=1S/C22H31N5O4S/c23-20(24)18-10-15(13-32-18)11-26-21(30)17-7-4-8-27(17)22(31)16(25-12-19(28)29)9-14-5-2-1-3-6-14/h4,7,10,13-14,16-17,25H,1-3,5-6,8-9,11-12H2,(H3,23,24)(H,26,30)(H,28,29)/t16-,17+/m1/s1. The van der Waals surface area contributed by atoms with E-state index in [2.05, 4.69) is 10.6 Å². The number of nitrogen functional groups attached to an aromatic ring is 1. The fourth-order valence-electron chi connectivity index (χ4n) is 4.32. The molecule has 2 atom stereocenters. The van der Waals surface area contributed by atoms with Crippen molar-refractivity contribution in [2.45, 2.75) is 57.2 Å². The number of carboxylic acids is 1. The Morgan fingerprint density at radius 3 is 2.69 bits per heavy atom. The quantitative estimate of drug-likeness (QED) is 0.202. The lowest BCUT2D eigenvalue weighted by atomic mass is 9.84. The lowest BCUT2D eigenvalue weighted by Gasteiger charge is -2.31. The van der Waals surface area contributed by atoms with Crippen LogP contribution >= 0.6 is 11.3 Å². The van der Waals surface area contributed by atoms with E-state index in [-0.39, 0.29) is 30.7 Å². The second-order valence-electron chi connectivity index (χ2n) is 8.38. The van der Waals surface area contributed by atoms with Gasteiger partial charge in [0.1, 0.15) is 11.9 Å². The minimum Gasteiger partial charge on any atom is -0.480 e. The van der Waals surface area contributed by atoms with E-state index in [0.717, 1.165) is 31.2 Å². The normalized spacial score (nSPS) is 19.6. The maximum Gasteiger partial charge on any atom is 0.317 e. The van der Waals surface area contributed by atoms with Crippen molar-refractivity contribution in [2.75, 3.05) is 13.1 Å². The number of amidine groups is 1. The van der Waals surface area contributed by atoms with Crippen molar-refractivity contribution < 1.29 is 19.5 Å². The van der Waals surface area contributed by atoms with Crippen LogP contribution in [0.3, 0.4) is 0 Å². The van der Waals surface area contributed by atoms with Gasteiger partial charge in [0, 0.05) is 13.1 Å². The Morgan fingerprint density at radius 1 is 1.28 bits per heavy atom. The molecular weight excluding hydrogens is 430 g/mol. The van der Waals surface area contributed by atoms with Crippen LogP contribution < -0.4 is 16.4 Å². The molecule has 0 radical (unpaired) electrons. The number of carboxylic acid groups (broad SMARTS) is 1. The van der Waals surface area contributed by atoms with Crippen LogP contribution in [0.2, 0.25) is 0 Å². The van der Waals surface area contributed by atoms with Crippen LogP contribution in [0.5, 0.6) is 0 Å². The molecule has 10 heteroatoms. The maximum absolute atomic E-state index is 13.3. The summed E-state index contributed by atoms with van der Waals surface area (Å²) < 4.78 is 0. The molecule has 1 aromatic heterocycles. The van der Waals surface area contributed by atoms with E-state index in [1.54, 1.807) is 18.2 Å². The summed E-state index contributed by atoms with van der Waals surface area (Å²) in [5.41, 5.74) is 6.32. The van der Waals surface area contributed by atoms with Gasteiger partial charge in [-0.15, -0.1) is 11.3 Å². The molecular formula is C22H31N5O4S. The van der Waals surface area contributed by atoms with Crippen LogP contribution in [-0.4, -0.2) is 58.8 Å². The molecule has 0 spiro atoms. The molecule has 2 aliphatic rings. The van der Waals surface area contributed by atoms with Gasteiger partial charge in [-0.25, -0.2) is 0 Å². The monoisotopic (exact) mass is 461 g/mol. The number of amides is 2. The Morgan fingerprint density at radius 2 is 2.03 bits per heavy atom. The highest BCUT2D eigenvalue weighted by Gasteiger charge is 2.35. The highest BCUT2D eigenvalue weighted by atomic mass is 32.1. The zero-order valence-corrected chi connectivity index (χ0v) is 18.8. The van der Waals surface area contributed by atoms with Gasteiger partial charge in [0.2, 0.25) is 11.8 Å². The third-order valence-corrected chi connectivity index (χ3v) is 7.00. The summed E-state index contributed by atoms with van der Waals surface area (Å²) in [4.78, 5) is 39.4. The zero-order valence-electron chi connectivity index (χ0n) is 18.0. The topological polar surface area (TPSA) is 149 Å². The van der Waals surface area contributed by atoms with Crippen molar-refractivity contribution >= 4 is 35.0 Å². The molecule has 2 heterocycles. The Labute approximate surface area is 191 Å². The summed E-state index contributed by atoms with van der Waals surface area (Å²) in [6.07, 6.45) is 9.64. The minimum atomic E-state index is -1.01. The molecule has 1 saturated carbocycles. The van der Waals surface area contributed by atoms with E-state index in [1.807, 2.05) is 5.38 Å². The Balaban J connectivity index is 1.61. The Bertz CT molecular complexity index is 877. The zero-order chi connectivity index (χ0) is 23.1. The molecule has 1 fully saturated rings. The number of nitrogens with two attached hydrogens (primary N) is 1. The molecule has 1 aromatic rings. The summed E-state index contributed by atoms with van der Waals surface area (Å²) >= 11 is 1.34. The second kappa shape index (κ2) is 11.2. The van der Waals surface area contributed by atoms with E-state index in [4.69, 9.17) is 16.2 Å². The van der Waals surface area contributed by atoms with Gasteiger partial charge in [0.05, 0.1) is 17.5 Å². The predicted octanol–water partition coefficient (Wildman–Crippen LogP) is 1.43. The predicted molar refractivity (Wildman–Crippen MR) is 122 cm³/mol. The highest BCUT2D eigenvalue weighted by Crippen LogP contribution is 2.28. The molecule has 0 aromatic carbocycles. The Kier molecular flexibility index (Phi) is 8.40. The number of nitrogens with zero attached hydrogens (tertiary/aromatic N) is 1. The average molecular weight is 462 g/mol. The highest BCUT2D eigenvalue weighted by molar-refractivity contribution is 7.12. The number of rotatable bonds is 10. The van der Waals surface area contributed by atoms with Gasteiger partial charge in [0.25, 0.3) is 0 Å². The average Bonchev–Trinajstić information content (AvgIpc) is 3.45. The summed E-state index contributed by atoms with van der Waals surface area (Å²) in [6.45, 7) is 0.301. The number of carbonyl (C=O) groups excluding carboxylic acids is 2. The molecule has 0 bridgehead atoms. The van der Waals surface area contributed by atoms with Crippen molar-refractivity contribution in [1.29, 1.82) is 5.41 Å². The largest absolute Gasteiger partial charge is 0.480 e. The van der Waals surface area contributed by atoms with E-state index in [9.17, 15) is 14.4 Å². The first kappa shape index (κ1) is 23.9. The molecule has 0 saturated heterocycles. The Hall–Kier alpha value is -2.72. The molecule has 9 nitrogen and oxygen atoms in total. The molecule has 32 heavy (non-hydrogen) atoms. The van der Waals surface area contributed by atoms with E-state index >= 15 is 0 Å². The number of aliphatic carboxylic acids is 1. The van der Waals surface area contributed by atoms with Crippen molar-refractivity contribution in [3.8, 4) is 0 Å². The molecule has 0 unspecified atom stereocenters. The molecule has 1 aliphatic carbocycles. The van der Waals surface area contributed by atoms with Gasteiger partial charge in [-0.05, 0) is 29.3 Å². The first-order chi connectivity index (χ1) is 15.3. The van der Waals surface area contributed by atoms with E-state index in [0.29, 0.717) is 23.8 Å². The SMILES string of the molecule is N=C(N)c1cc(CNC(=O)[C@@H]2C=CCN2C(=O)[C@@H](CC2CCCCC2)NCC(=O)O)cs1. The van der Waals surface area contributed by atoms with Crippen LogP contribution in [0.4, 0.5) is 0 Å². The van der Waals surface area contributed by atoms with Crippen molar-refractivity contribution in [3.05, 3.63) is 34.0 Å². The first-order valence-electron chi connectivity index (χ1n) is 11.0. The number of hydrogen-bond acceptors (Lipinski definition) is 6. The van der Waals surface area contributed by atoms with Gasteiger partial charge >= 0.3 is 5.97 Å². The summed E-state index contributed by atoms with van der Waals surface area (Å²) in [6, 6.07) is 0.407. The van der Waals surface area contributed by atoms with Crippen LogP contribution in [0.1, 0.15) is 49.0 Å². The van der Waals surface area contributed by atoms with Crippen LogP contribution in [0.15, 0.2) is 23.6 Å². The number of nitrogens with one attached hydrogen (secondary N) is 3. The molecule has 3 rings (SSSR count). The third kappa shape index (κ3) is 6.39. The van der Waals surface area contributed by atoms with Crippen molar-refractivity contribution in [2.24, 2.45) is 11.7 Å². The van der Waals surface area contributed by atoms with E-state index < -0.39 is 18.1 Å². The third-order valence-electron chi connectivity index (χ3n) is 5.99. The van der Waals surface area contributed by atoms with Crippen LogP contribution in [-0.2, 0) is 20.9 Å².